The molecule has 1 aromatic carbocycles. The highest BCUT2D eigenvalue weighted by Crippen LogP contribution is 2.27. The third-order valence-corrected chi connectivity index (χ3v) is 2.96. The number of halogens is 1. The van der Waals surface area contributed by atoms with Crippen LogP contribution in [0.3, 0.4) is 0 Å². The number of anilines is 1. The molecule has 0 aromatic heterocycles. The summed E-state index contributed by atoms with van der Waals surface area (Å²) in [7, 11) is 1.65. The molecule has 0 aliphatic rings. The highest BCUT2D eigenvalue weighted by Gasteiger charge is 2.15. The van der Waals surface area contributed by atoms with E-state index in [1.54, 1.807) is 13.2 Å². The van der Waals surface area contributed by atoms with Crippen LogP contribution in [-0.2, 0) is 4.74 Å². The maximum Gasteiger partial charge on any atom is 0.173 e. The predicted molar refractivity (Wildman–Crippen MR) is 73.7 cm³/mol. The molecule has 0 bridgehead atoms. The van der Waals surface area contributed by atoms with Crippen LogP contribution >= 0.6 is 11.6 Å². The average Bonchev–Trinajstić information content (AvgIpc) is 2.39. The standard InChI is InChI=1S/C12H18ClN3O2/c1-3-16(7-8-18-2)10-6-4-5-9(13)11(10)12(14)15-17/h4-6,17H,3,7-8H2,1-2H3,(H2,14,15). The van der Waals surface area contributed by atoms with Gasteiger partial charge < -0.3 is 20.6 Å². The normalized spacial score (nSPS) is 11.6. The van der Waals surface area contributed by atoms with Crippen molar-refractivity contribution in [2.24, 2.45) is 10.9 Å². The van der Waals surface area contributed by atoms with Crippen LogP contribution < -0.4 is 10.6 Å². The van der Waals surface area contributed by atoms with E-state index in [9.17, 15) is 0 Å². The number of oxime groups is 1. The van der Waals surface area contributed by atoms with Gasteiger partial charge in [-0.1, -0.05) is 22.8 Å². The van der Waals surface area contributed by atoms with Crippen LogP contribution in [-0.4, -0.2) is 37.8 Å². The maximum atomic E-state index is 8.83. The minimum atomic E-state index is 0.00599. The first kappa shape index (κ1) is 14.6. The largest absolute Gasteiger partial charge is 0.409 e. The minimum absolute atomic E-state index is 0.00599. The van der Waals surface area contributed by atoms with Gasteiger partial charge in [-0.2, -0.15) is 0 Å². The van der Waals surface area contributed by atoms with Crippen LogP contribution in [0.2, 0.25) is 5.02 Å². The summed E-state index contributed by atoms with van der Waals surface area (Å²) in [5, 5.41) is 12.3. The van der Waals surface area contributed by atoms with Gasteiger partial charge in [0.2, 0.25) is 0 Å². The number of likely N-dealkylation sites (N-methyl/N-ethyl adjacent to an activating group) is 1. The Morgan fingerprint density at radius 1 is 1.56 bits per heavy atom. The molecule has 3 N–H and O–H groups in total. The lowest BCUT2D eigenvalue weighted by Crippen LogP contribution is -2.29. The van der Waals surface area contributed by atoms with E-state index >= 15 is 0 Å². The van der Waals surface area contributed by atoms with Crippen LogP contribution in [0.4, 0.5) is 5.69 Å². The highest BCUT2D eigenvalue weighted by atomic mass is 35.5. The number of hydrogen-bond acceptors (Lipinski definition) is 4. The van der Waals surface area contributed by atoms with Crippen molar-refractivity contribution in [1.29, 1.82) is 0 Å². The quantitative estimate of drug-likeness (QED) is 0.359. The smallest absolute Gasteiger partial charge is 0.173 e. The zero-order valence-corrected chi connectivity index (χ0v) is 11.3. The van der Waals surface area contributed by atoms with Crippen LogP contribution in [0.5, 0.6) is 0 Å². The first-order chi connectivity index (χ1) is 8.65. The second kappa shape index (κ2) is 7.08. The Bertz CT molecular complexity index is 424. The number of amidine groups is 1. The lowest BCUT2D eigenvalue weighted by Gasteiger charge is -2.25. The van der Waals surface area contributed by atoms with Crippen molar-refractivity contribution in [3.05, 3.63) is 28.8 Å². The second-order valence-corrected chi connectivity index (χ2v) is 4.10. The summed E-state index contributed by atoms with van der Waals surface area (Å²) in [6.07, 6.45) is 0. The third-order valence-electron chi connectivity index (χ3n) is 2.64. The number of nitrogens with two attached hydrogens (primary N) is 1. The lowest BCUT2D eigenvalue weighted by atomic mass is 10.1. The molecule has 0 saturated heterocycles. The van der Waals surface area contributed by atoms with Crippen LogP contribution in [0, 0.1) is 0 Å². The lowest BCUT2D eigenvalue weighted by molar-refractivity contribution is 0.205. The number of benzene rings is 1. The number of hydrogen-bond donors (Lipinski definition) is 2. The molecule has 5 nitrogen and oxygen atoms in total. The van der Waals surface area contributed by atoms with Crippen molar-refractivity contribution in [3.63, 3.8) is 0 Å². The molecule has 18 heavy (non-hydrogen) atoms. The Morgan fingerprint density at radius 2 is 2.28 bits per heavy atom. The predicted octanol–water partition coefficient (Wildman–Crippen LogP) is 1.91. The molecule has 1 rings (SSSR count). The van der Waals surface area contributed by atoms with Crippen LogP contribution in [0.25, 0.3) is 0 Å². The van der Waals surface area contributed by atoms with Crippen molar-refractivity contribution < 1.29 is 9.94 Å². The van der Waals surface area contributed by atoms with Gasteiger partial charge in [0.1, 0.15) is 0 Å². The summed E-state index contributed by atoms with van der Waals surface area (Å²) in [6, 6.07) is 5.43. The van der Waals surface area contributed by atoms with E-state index in [-0.39, 0.29) is 5.84 Å². The van der Waals surface area contributed by atoms with Crippen LogP contribution in [0.15, 0.2) is 23.4 Å². The summed E-state index contributed by atoms with van der Waals surface area (Å²) >= 11 is 6.11. The fourth-order valence-electron chi connectivity index (χ4n) is 1.73. The van der Waals surface area contributed by atoms with Crippen molar-refractivity contribution >= 4 is 23.1 Å². The summed E-state index contributed by atoms with van der Waals surface area (Å²) < 4.78 is 5.07. The van der Waals surface area contributed by atoms with Gasteiger partial charge in [0.25, 0.3) is 0 Å². The Labute approximate surface area is 112 Å². The molecular formula is C12H18ClN3O2. The first-order valence-corrected chi connectivity index (χ1v) is 6.03. The second-order valence-electron chi connectivity index (χ2n) is 3.69. The van der Waals surface area contributed by atoms with E-state index in [4.69, 9.17) is 27.3 Å². The fraction of sp³-hybridized carbons (Fsp3) is 0.417. The van der Waals surface area contributed by atoms with Gasteiger partial charge in [-0.25, -0.2) is 0 Å². The SMILES string of the molecule is CCN(CCOC)c1cccc(Cl)c1C(N)=NO. The van der Waals surface area contributed by atoms with Gasteiger partial charge in [0, 0.05) is 25.9 Å². The molecule has 0 heterocycles. The molecule has 0 radical (unpaired) electrons. The number of rotatable bonds is 6. The minimum Gasteiger partial charge on any atom is -0.409 e. The molecule has 0 spiro atoms. The molecule has 100 valence electrons. The molecule has 0 unspecified atom stereocenters. The molecule has 6 heteroatoms. The topological polar surface area (TPSA) is 71.1 Å². The summed E-state index contributed by atoms with van der Waals surface area (Å²) in [5.41, 5.74) is 7.05. The van der Waals surface area contributed by atoms with Gasteiger partial charge in [-0.15, -0.1) is 0 Å². The van der Waals surface area contributed by atoms with Gasteiger partial charge in [-0.05, 0) is 19.1 Å². The molecule has 0 amide bonds. The fourth-order valence-corrected chi connectivity index (χ4v) is 2.00. The van der Waals surface area contributed by atoms with E-state index in [0.29, 0.717) is 23.7 Å². The van der Waals surface area contributed by atoms with Crippen molar-refractivity contribution in [3.8, 4) is 0 Å². The molecule has 0 aliphatic heterocycles. The van der Waals surface area contributed by atoms with Gasteiger partial charge >= 0.3 is 0 Å². The van der Waals surface area contributed by atoms with E-state index in [1.807, 2.05) is 19.1 Å². The Balaban J connectivity index is 3.17. The first-order valence-electron chi connectivity index (χ1n) is 5.66. The van der Waals surface area contributed by atoms with Crippen molar-refractivity contribution in [1.82, 2.24) is 0 Å². The van der Waals surface area contributed by atoms with Gasteiger partial charge in [0.15, 0.2) is 5.84 Å². The molecule has 1 aromatic rings. The van der Waals surface area contributed by atoms with Crippen molar-refractivity contribution in [2.45, 2.75) is 6.92 Å². The molecule has 0 saturated carbocycles. The molecule has 0 atom stereocenters. The van der Waals surface area contributed by atoms with Crippen LogP contribution in [0.1, 0.15) is 12.5 Å². The monoisotopic (exact) mass is 271 g/mol. The van der Waals surface area contributed by atoms with E-state index in [2.05, 4.69) is 10.1 Å². The van der Waals surface area contributed by atoms with Gasteiger partial charge in [0.05, 0.1) is 17.2 Å². The molecule has 0 aliphatic carbocycles. The summed E-state index contributed by atoms with van der Waals surface area (Å²) in [5.74, 6) is 0.00599. The maximum absolute atomic E-state index is 8.83. The van der Waals surface area contributed by atoms with E-state index < -0.39 is 0 Å². The highest BCUT2D eigenvalue weighted by molar-refractivity contribution is 6.34. The number of methoxy groups -OCH3 is 1. The van der Waals surface area contributed by atoms with E-state index in [1.165, 1.54) is 0 Å². The average molecular weight is 272 g/mol. The Kier molecular flexibility index (Phi) is 5.74. The van der Waals surface area contributed by atoms with Crippen molar-refractivity contribution in [2.75, 3.05) is 31.7 Å². The summed E-state index contributed by atoms with van der Waals surface area (Å²) in [4.78, 5) is 2.06. The molecule has 0 fully saturated rings. The Morgan fingerprint density at radius 3 is 2.83 bits per heavy atom. The number of nitrogens with zero attached hydrogens (tertiary/aromatic N) is 2. The third kappa shape index (κ3) is 3.27. The Hall–Kier alpha value is -1.46. The van der Waals surface area contributed by atoms with Gasteiger partial charge in [-0.3, -0.25) is 0 Å². The zero-order chi connectivity index (χ0) is 13.5. The summed E-state index contributed by atoms with van der Waals surface area (Å²) in [6.45, 7) is 4.09. The number of ether oxygens (including phenoxy) is 1. The zero-order valence-electron chi connectivity index (χ0n) is 10.6. The van der Waals surface area contributed by atoms with E-state index in [0.717, 1.165) is 12.2 Å². The molecular weight excluding hydrogens is 254 g/mol.